The van der Waals surface area contributed by atoms with E-state index in [1.165, 1.54) is 0 Å². The van der Waals surface area contributed by atoms with Gasteiger partial charge in [-0.15, -0.1) is 5.10 Å². The van der Waals surface area contributed by atoms with Gasteiger partial charge in [0, 0.05) is 17.0 Å². The number of hydrogen-bond acceptors (Lipinski definition) is 7. The molecule has 2 heterocycles. The van der Waals surface area contributed by atoms with Crippen LogP contribution < -0.4 is 14.8 Å². The molecule has 0 spiro atoms. The molecule has 2 aromatic rings. The molecule has 0 radical (unpaired) electrons. The summed E-state index contributed by atoms with van der Waals surface area (Å²) in [7, 11) is 0. The summed E-state index contributed by atoms with van der Waals surface area (Å²) in [5.74, 6) is 2.96. The lowest BCUT2D eigenvalue weighted by Gasteiger charge is -2.28. The summed E-state index contributed by atoms with van der Waals surface area (Å²) in [6.07, 6.45) is 1.96. The summed E-state index contributed by atoms with van der Waals surface area (Å²) in [6.45, 7) is 10.8. The standard InChI is InChI=1S/C22H30N4O3S/c1-6-11-29-17-10-9-16(13-18(17)28-8-3)20-19(15(5)27)14(4)23-21-24-22(25-26(20)21)30-12-7-2/h9-10,13,20H,6-8,11-12H2,1-5H3,(H,23,24,25). The molecule has 0 bridgehead atoms. The Morgan fingerprint density at radius 2 is 2.00 bits per heavy atom. The van der Waals surface area contributed by atoms with E-state index in [4.69, 9.17) is 14.6 Å². The van der Waals surface area contributed by atoms with Gasteiger partial charge >= 0.3 is 0 Å². The molecular formula is C22H30N4O3S. The molecule has 162 valence electrons. The van der Waals surface area contributed by atoms with Crippen LogP contribution in [0.2, 0.25) is 0 Å². The first-order valence-corrected chi connectivity index (χ1v) is 11.5. The monoisotopic (exact) mass is 430 g/mol. The third kappa shape index (κ3) is 4.64. The van der Waals surface area contributed by atoms with Gasteiger partial charge in [0.25, 0.3) is 0 Å². The first kappa shape index (κ1) is 22.2. The fourth-order valence-corrected chi connectivity index (χ4v) is 4.13. The Morgan fingerprint density at radius 3 is 2.67 bits per heavy atom. The van der Waals surface area contributed by atoms with Crippen LogP contribution >= 0.6 is 11.8 Å². The van der Waals surface area contributed by atoms with Crippen molar-refractivity contribution in [1.29, 1.82) is 0 Å². The van der Waals surface area contributed by atoms with Crippen molar-refractivity contribution in [2.45, 2.75) is 58.7 Å². The zero-order valence-corrected chi connectivity index (χ0v) is 19.1. The maximum Gasteiger partial charge on any atom is 0.227 e. The fourth-order valence-electron chi connectivity index (χ4n) is 3.44. The summed E-state index contributed by atoms with van der Waals surface area (Å²) in [5, 5.41) is 8.66. The van der Waals surface area contributed by atoms with Gasteiger partial charge in [0.05, 0.1) is 13.2 Å². The number of aromatic nitrogens is 3. The van der Waals surface area contributed by atoms with Crippen molar-refractivity contribution in [1.82, 2.24) is 14.8 Å². The Labute approximate surface area is 182 Å². The first-order valence-electron chi connectivity index (χ1n) is 10.5. The summed E-state index contributed by atoms with van der Waals surface area (Å²) in [5.41, 5.74) is 2.37. The lowest BCUT2D eigenvalue weighted by molar-refractivity contribution is -0.114. The van der Waals surface area contributed by atoms with Gasteiger partial charge in [-0.25, -0.2) is 4.68 Å². The number of rotatable bonds is 10. The van der Waals surface area contributed by atoms with Crippen LogP contribution in [0.3, 0.4) is 0 Å². The second-order valence-corrected chi connectivity index (χ2v) is 8.18. The van der Waals surface area contributed by atoms with E-state index in [9.17, 15) is 4.79 Å². The van der Waals surface area contributed by atoms with Gasteiger partial charge in [0.1, 0.15) is 6.04 Å². The van der Waals surface area contributed by atoms with Crippen LogP contribution in [0.15, 0.2) is 34.6 Å². The SMILES string of the molecule is CCCOc1ccc(C2C(C(C)=O)=C(C)Nc3nc(SCCC)nn32)cc1OCC. The number of ketones is 1. The minimum Gasteiger partial charge on any atom is -0.490 e. The maximum atomic E-state index is 12.6. The molecule has 1 N–H and O–H groups in total. The third-order valence-corrected chi connectivity index (χ3v) is 5.74. The molecule has 1 aliphatic heterocycles. The number of ether oxygens (including phenoxy) is 2. The van der Waals surface area contributed by atoms with E-state index in [0.29, 0.717) is 41.4 Å². The predicted molar refractivity (Wildman–Crippen MR) is 120 cm³/mol. The van der Waals surface area contributed by atoms with E-state index in [2.05, 4.69) is 24.1 Å². The molecular weight excluding hydrogens is 400 g/mol. The van der Waals surface area contributed by atoms with Gasteiger partial charge in [0.15, 0.2) is 17.3 Å². The van der Waals surface area contributed by atoms with E-state index in [1.807, 2.05) is 32.0 Å². The minimum absolute atomic E-state index is 0.00168. The average Bonchev–Trinajstić information content (AvgIpc) is 3.12. The largest absolute Gasteiger partial charge is 0.490 e. The van der Waals surface area contributed by atoms with Crippen molar-refractivity contribution < 1.29 is 14.3 Å². The van der Waals surface area contributed by atoms with Crippen LogP contribution in [0.25, 0.3) is 0 Å². The first-order chi connectivity index (χ1) is 14.5. The van der Waals surface area contributed by atoms with Crippen molar-refractivity contribution in [3.63, 3.8) is 0 Å². The van der Waals surface area contributed by atoms with Crippen molar-refractivity contribution in [2.24, 2.45) is 0 Å². The number of Topliss-reactive ketones (excluding diaryl/α,β-unsaturated/α-hetero) is 1. The van der Waals surface area contributed by atoms with Crippen molar-refractivity contribution >= 4 is 23.5 Å². The van der Waals surface area contributed by atoms with Crippen molar-refractivity contribution in [2.75, 3.05) is 24.3 Å². The highest BCUT2D eigenvalue weighted by Crippen LogP contribution is 2.39. The van der Waals surface area contributed by atoms with Gasteiger partial charge in [-0.1, -0.05) is 31.7 Å². The van der Waals surface area contributed by atoms with E-state index in [-0.39, 0.29) is 11.8 Å². The Balaban J connectivity index is 2.08. The summed E-state index contributed by atoms with van der Waals surface area (Å²) in [6, 6.07) is 5.46. The number of fused-ring (bicyclic) bond motifs is 1. The van der Waals surface area contributed by atoms with Gasteiger partial charge < -0.3 is 14.8 Å². The summed E-state index contributed by atoms with van der Waals surface area (Å²) >= 11 is 1.61. The highest BCUT2D eigenvalue weighted by molar-refractivity contribution is 7.99. The Kier molecular flexibility index (Phi) is 7.42. The molecule has 0 saturated heterocycles. The lowest BCUT2D eigenvalue weighted by Crippen LogP contribution is -2.27. The number of benzene rings is 1. The van der Waals surface area contributed by atoms with Crippen LogP contribution in [-0.4, -0.2) is 39.5 Å². The number of nitrogens with zero attached hydrogens (tertiary/aromatic N) is 3. The molecule has 1 aromatic heterocycles. The second-order valence-electron chi connectivity index (χ2n) is 7.12. The minimum atomic E-state index is -0.373. The topological polar surface area (TPSA) is 78.3 Å². The number of anilines is 1. The number of carbonyl (C=O) groups is 1. The van der Waals surface area contributed by atoms with Crippen LogP contribution in [-0.2, 0) is 4.79 Å². The highest BCUT2D eigenvalue weighted by Gasteiger charge is 2.33. The maximum absolute atomic E-state index is 12.6. The molecule has 0 saturated carbocycles. The van der Waals surface area contributed by atoms with Crippen molar-refractivity contribution in [3.05, 3.63) is 35.0 Å². The van der Waals surface area contributed by atoms with Crippen LogP contribution in [0, 0.1) is 0 Å². The molecule has 1 aromatic carbocycles. The molecule has 3 rings (SSSR count). The molecule has 1 unspecified atom stereocenters. The molecule has 0 fully saturated rings. The Hall–Kier alpha value is -2.48. The van der Waals surface area contributed by atoms with Crippen molar-refractivity contribution in [3.8, 4) is 11.5 Å². The molecule has 7 nitrogen and oxygen atoms in total. The third-order valence-electron chi connectivity index (χ3n) is 4.69. The van der Waals surface area contributed by atoms with Gasteiger partial charge in [-0.2, -0.15) is 4.98 Å². The van der Waals surface area contributed by atoms with Crippen LogP contribution in [0.4, 0.5) is 5.95 Å². The van der Waals surface area contributed by atoms with E-state index >= 15 is 0 Å². The molecule has 1 atom stereocenters. The summed E-state index contributed by atoms with van der Waals surface area (Å²) < 4.78 is 13.5. The fraction of sp³-hybridized carbons (Fsp3) is 0.500. The second kappa shape index (κ2) is 10.0. The average molecular weight is 431 g/mol. The highest BCUT2D eigenvalue weighted by atomic mass is 32.2. The van der Waals surface area contributed by atoms with Gasteiger partial charge in [-0.05, 0) is 51.3 Å². The molecule has 8 heteroatoms. The van der Waals surface area contributed by atoms with Gasteiger partial charge in [-0.3, -0.25) is 4.79 Å². The number of nitrogens with one attached hydrogen (secondary N) is 1. The van der Waals surface area contributed by atoms with Gasteiger partial charge in [0.2, 0.25) is 11.1 Å². The van der Waals surface area contributed by atoms with Crippen LogP contribution in [0.1, 0.15) is 59.1 Å². The molecule has 0 amide bonds. The lowest BCUT2D eigenvalue weighted by atomic mass is 9.93. The smallest absolute Gasteiger partial charge is 0.227 e. The van der Waals surface area contributed by atoms with E-state index in [0.717, 1.165) is 29.9 Å². The number of allylic oxidation sites excluding steroid dienone is 2. The zero-order chi connectivity index (χ0) is 21.7. The predicted octanol–water partition coefficient (Wildman–Crippen LogP) is 4.85. The summed E-state index contributed by atoms with van der Waals surface area (Å²) in [4.78, 5) is 17.2. The molecule has 30 heavy (non-hydrogen) atoms. The zero-order valence-electron chi connectivity index (χ0n) is 18.3. The number of thioether (sulfide) groups is 1. The normalized spacial score (nSPS) is 15.6. The van der Waals surface area contributed by atoms with Crippen LogP contribution in [0.5, 0.6) is 11.5 Å². The van der Waals surface area contributed by atoms with E-state index < -0.39 is 0 Å². The Morgan fingerprint density at radius 1 is 1.20 bits per heavy atom. The Bertz CT molecular complexity index is 938. The number of carbonyl (C=O) groups excluding carboxylic acids is 1. The quantitative estimate of drug-likeness (QED) is 0.540. The van der Waals surface area contributed by atoms with E-state index in [1.54, 1.807) is 23.4 Å². The molecule has 1 aliphatic rings. The molecule has 0 aliphatic carbocycles. The number of hydrogen-bond donors (Lipinski definition) is 1.